The molecule has 0 radical (unpaired) electrons. The number of carbonyl (C=O) groups excluding carboxylic acids is 1. The summed E-state index contributed by atoms with van der Waals surface area (Å²) in [4.78, 5) is 24.6. The summed E-state index contributed by atoms with van der Waals surface area (Å²) < 4.78 is 16.5. The SMILES string of the molecule is CCOC1CC(NC(=O)c2ccc3c(c2)OCCO3)(C(=O)O)C1(C)C. The van der Waals surface area contributed by atoms with Crippen molar-refractivity contribution in [1.29, 1.82) is 0 Å². The fourth-order valence-electron chi connectivity index (χ4n) is 3.49. The topological polar surface area (TPSA) is 94.1 Å². The minimum absolute atomic E-state index is 0.214. The second kappa shape index (κ2) is 6.22. The number of amides is 1. The Morgan fingerprint density at radius 3 is 2.56 bits per heavy atom. The summed E-state index contributed by atoms with van der Waals surface area (Å²) in [6.45, 7) is 6.85. The number of carboxylic acid groups (broad SMARTS) is 1. The van der Waals surface area contributed by atoms with Crippen molar-refractivity contribution in [2.45, 2.75) is 38.8 Å². The van der Waals surface area contributed by atoms with E-state index < -0.39 is 22.8 Å². The fourth-order valence-corrected chi connectivity index (χ4v) is 3.49. The molecule has 25 heavy (non-hydrogen) atoms. The molecule has 7 heteroatoms. The Balaban J connectivity index is 1.82. The lowest BCUT2D eigenvalue weighted by Crippen LogP contribution is -2.76. The minimum Gasteiger partial charge on any atom is -0.486 e. The van der Waals surface area contributed by atoms with Gasteiger partial charge in [-0.1, -0.05) is 13.8 Å². The zero-order valence-electron chi connectivity index (χ0n) is 14.6. The maximum absolute atomic E-state index is 12.7. The van der Waals surface area contributed by atoms with Gasteiger partial charge in [-0.3, -0.25) is 4.79 Å². The third-order valence-corrected chi connectivity index (χ3v) is 5.26. The number of fused-ring (bicyclic) bond motifs is 1. The van der Waals surface area contributed by atoms with Crippen molar-refractivity contribution in [2.24, 2.45) is 5.41 Å². The van der Waals surface area contributed by atoms with E-state index in [0.717, 1.165) is 0 Å². The third-order valence-electron chi connectivity index (χ3n) is 5.26. The highest BCUT2D eigenvalue weighted by molar-refractivity contribution is 5.99. The van der Waals surface area contributed by atoms with Crippen LogP contribution in [0.15, 0.2) is 18.2 Å². The van der Waals surface area contributed by atoms with Crippen LogP contribution >= 0.6 is 0 Å². The van der Waals surface area contributed by atoms with Gasteiger partial charge in [-0.15, -0.1) is 0 Å². The van der Waals surface area contributed by atoms with Crippen LogP contribution in [0.25, 0.3) is 0 Å². The number of rotatable bonds is 5. The molecule has 7 nitrogen and oxygen atoms in total. The molecule has 2 N–H and O–H groups in total. The van der Waals surface area contributed by atoms with Gasteiger partial charge in [-0.05, 0) is 25.1 Å². The lowest BCUT2D eigenvalue weighted by atomic mass is 9.54. The average Bonchev–Trinajstić information content (AvgIpc) is 2.59. The Hall–Kier alpha value is -2.28. The Morgan fingerprint density at radius 1 is 1.28 bits per heavy atom. The normalized spacial score (nSPS) is 26.4. The van der Waals surface area contributed by atoms with Crippen LogP contribution in [0.3, 0.4) is 0 Å². The van der Waals surface area contributed by atoms with Crippen LogP contribution in [-0.2, 0) is 9.53 Å². The summed E-state index contributed by atoms with van der Waals surface area (Å²) in [6, 6.07) is 4.83. The highest BCUT2D eigenvalue weighted by atomic mass is 16.6. The first-order chi connectivity index (χ1) is 11.8. The molecule has 136 valence electrons. The van der Waals surface area contributed by atoms with Crippen molar-refractivity contribution in [1.82, 2.24) is 5.32 Å². The molecule has 0 bridgehead atoms. The van der Waals surface area contributed by atoms with E-state index in [0.29, 0.717) is 36.9 Å². The summed E-state index contributed by atoms with van der Waals surface area (Å²) in [7, 11) is 0. The van der Waals surface area contributed by atoms with Gasteiger partial charge in [0.25, 0.3) is 5.91 Å². The molecule has 2 aliphatic rings. The number of carboxylic acids is 1. The third kappa shape index (κ3) is 2.72. The number of ether oxygens (including phenoxy) is 3. The lowest BCUT2D eigenvalue weighted by Gasteiger charge is -2.58. The monoisotopic (exact) mass is 349 g/mol. The molecule has 1 amide bonds. The highest BCUT2D eigenvalue weighted by Gasteiger charge is 2.66. The van der Waals surface area contributed by atoms with Crippen LogP contribution in [0.5, 0.6) is 11.5 Å². The van der Waals surface area contributed by atoms with Gasteiger partial charge >= 0.3 is 5.97 Å². The largest absolute Gasteiger partial charge is 0.486 e. The molecular weight excluding hydrogens is 326 g/mol. The standard InChI is InChI=1S/C18H23NO6/c1-4-23-14-10-18(16(21)22,17(14,2)3)19-15(20)11-5-6-12-13(9-11)25-8-7-24-12/h5-6,9,14H,4,7-8,10H2,1-3H3,(H,19,20)(H,21,22). The number of aliphatic carboxylic acids is 1. The molecule has 1 heterocycles. The van der Waals surface area contributed by atoms with Crippen molar-refractivity contribution in [3.8, 4) is 11.5 Å². The van der Waals surface area contributed by atoms with E-state index in [2.05, 4.69) is 5.32 Å². The van der Waals surface area contributed by atoms with E-state index >= 15 is 0 Å². The first kappa shape index (κ1) is 17.5. The van der Waals surface area contributed by atoms with E-state index in [1.165, 1.54) is 0 Å². The molecule has 2 unspecified atom stereocenters. The smallest absolute Gasteiger partial charge is 0.330 e. The van der Waals surface area contributed by atoms with E-state index in [4.69, 9.17) is 14.2 Å². The quantitative estimate of drug-likeness (QED) is 0.842. The number of hydrogen-bond acceptors (Lipinski definition) is 5. The van der Waals surface area contributed by atoms with Gasteiger partial charge in [0.1, 0.15) is 18.8 Å². The molecule has 0 spiro atoms. The molecular formula is C18H23NO6. The van der Waals surface area contributed by atoms with Crippen LogP contribution < -0.4 is 14.8 Å². The molecule has 1 aromatic carbocycles. The van der Waals surface area contributed by atoms with Gasteiger partial charge in [-0.25, -0.2) is 4.79 Å². The summed E-state index contributed by atoms with van der Waals surface area (Å²) >= 11 is 0. The number of nitrogens with one attached hydrogen (secondary N) is 1. The lowest BCUT2D eigenvalue weighted by molar-refractivity contribution is -0.190. The second-order valence-corrected chi connectivity index (χ2v) is 6.89. The summed E-state index contributed by atoms with van der Waals surface area (Å²) in [5.41, 5.74) is -1.75. The highest BCUT2D eigenvalue weighted by Crippen LogP contribution is 2.51. The van der Waals surface area contributed by atoms with Crippen molar-refractivity contribution in [3.05, 3.63) is 23.8 Å². The number of carbonyl (C=O) groups is 2. The van der Waals surface area contributed by atoms with Gasteiger partial charge in [0.2, 0.25) is 0 Å². The van der Waals surface area contributed by atoms with Gasteiger partial charge < -0.3 is 24.6 Å². The zero-order chi connectivity index (χ0) is 18.2. The van der Waals surface area contributed by atoms with Crippen molar-refractivity contribution >= 4 is 11.9 Å². The molecule has 2 atom stereocenters. The Bertz CT molecular complexity index is 701. The first-order valence-electron chi connectivity index (χ1n) is 8.39. The molecule has 0 saturated heterocycles. The average molecular weight is 349 g/mol. The Labute approximate surface area is 146 Å². The zero-order valence-corrected chi connectivity index (χ0v) is 14.6. The molecule has 1 fully saturated rings. The van der Waals surface area contributed by atoms with E-state index in [1.54, 1.807) is 32.0 Å². The van der Waals surface area contributed by atoms with Gasteiger partial charge in [0.05, 0.1) is 6.10 Å². The number of benzene rings is 1. The van der Waals surface area contributed by atoms with Crippen LogP contribution in [0, 0.1) is 5.41 Å². The van der Waals surface area contributed by atoms with E-state index in [-0.39, 0.29) is 12.5 Å². The second-order valence-electron chi connectivity index (χ2n) is 6.89. The van der Waals surface area contributed by atoms with Crippen LogP contribution in [0.1, 0.15) is 37.6 Å². The summed E-state index contributed by atoms with van der Waals surface area (Å²) in [6.07, 6.45) is 0.0218. The summed E-state index contributed by atoms with van der Waals surface area (Å²) in [5, 5.41) is 12.5. The van der Waals surface area contributed by atoms with Crippen molar-refractivity contribution in [3.63, 3.8) is 0 Å². The Kier molecular flexibility index (Phi) is 4.36. The molecule has 0 aromatic heterocycles. The van der Waals surface area contributed by atoms with Crippen LogP contribution in [0.4, 0.5) is 0 Å². The molecule has 1 aromatic rings. The van der Waals surface area contributed by atoms with Crippen molar-refractivity contribution in [2.75, 3.05) is 19.8 Å². The predicted octanol–water partition coefficient (Wildman–Crippen LogP) is 1.85. The molecule has 1 saturated carbocycles. The van der Waals surface area contributed by atoms with Crippen LogP contribution in [0.2, 0.25) is 0 Å². The molecule has 3 rings (SSSR count). The maximum atomic E-state index is 12.7. The fraction of sp³-hybridized carbons (Fsp3) is 0.556. The van der Waals surface area contributed by atoms with E-state index in [1.807, 2.05) is 6.92 Å². The van der Waals surface area contributed by atoms with Gasteiger partial charge in [0, 0.05) is 24.0 Å². The Morgan fingerprint density at radius 2 is 1.96 bits per heavy atom. The van der Waals surface area contributed by atoms with Crippen molar-refractivity contribution < 1.29 is 28.9 Å². The van der Waals surface area contributed by atoms with Crippen LogP contribution in [-0.4, -0.2) is 48.4 Å². The maximum Gasteiger partial charge on any atom is 0.330 e. The molecule has 1 aliphatic heterocycles. The first-order valence-corrected chi connectivity index (χ1v) is 8.39. The number of hydrogen-bond donors (Lipinski definition) is 2. The summed E-state index contributed by atoms with van der Waals surface area (Å²) in [5.74, 6) is -0.443. The molecule has 1 aliphatic carbocycles. The minimum atomic E-state index is -1.36. The van der Waals surface area contributed by atoms with Gasteiger partial charge in [-0.2, -0.15) is 0 Å². The predicted molar refractivity (Wildman–Crippen MR) is 89.1 cm³/mol. The van der Waals surface area contributed by atoms with E-state index in [9.17, 15) is 14.7 Å². The van der Waals surface area contributed by atoms with Gasteiger partial charge in [0.15, 0.2) is 11.5 Å².